The minimum Gasteiger partial charge on any atom is -0.464 e. The van der Waals surface area contributed by atoms with E-state index in [1.807, 2.05) is 54.6 Å². The van der Waals surface area contributed by atoms with Crippen LogP contribution in [0.3, 0.4) is 0 Å². The smallest absolute Gasteiger partial charge is 0.412 e. The molecule has 13 heteroatoms. The third-order valence-electron chi connectivity index (χ3n) is 6.03. The number of rotatable bonds is 15. The summed E-state index contributed by atoms with van der Waals surface area (Å²) in [5.41, 5.74) is 2.67. The van der Waals surface area contributed by atoms with Crippen molar-refractivity contribution in [1.29, 1.82) is 0 Å². The number of carbonyl (C=O) groups excluding carboxylic acids is 4. The molecule has 0 heterocycles. The van der Waals surface area contributed by atoms with Gasteiger partial charge in [-0.3, -0.25) is 24.0 Å². The van der Waals surface area contributed by atoms with E-state index in [0.29, 0.717) is 5.56 Å². The first-order chi connectivity index (χ1) is 20.2. The number of hydrogen-bond acceptors (Lipinski definition) is 9. The lowest BCUT2D eigenvalue weighted by atomic mass is 9.97. The largest absolute Gasteiger partial charge is 0.464 e. The first kappa shape index (κ1) is 35.5. The summed E-state index contributed by atoms with van der Waals surface area (Å²) in [5, 5.41) is 4.78. The van der Waals surface area contributed by atoms with Gasteiger partial charge in [-0.05, 0) is 43.9 Å². The molecule has 0 aliphatic rings. The van der Waals surface area contributed by atoms with Gasteiger partial charge in [-0.1, -0.05) is 68.4 Å². The quantitative estimate of drug-likeness (QED) is 0.148. The van der Waals surface area contributed by atoms with Crippen molar-refractivity contribution in [3.05, 3.63) is 60.2 Å². The number of nitrogens with one attached hydrogen (secondary N) is 2. The van der Waals surface area contributed by atoms with Gasteiger partial charge in [0.1, 0.15) is 12.3 Å². The number of benzene rings is 2. The van der Waals surface area contributed by atoms with Gasteiger partial charge in [-0.25, -0.2) is 9.59 Å². The van der Waals surface area contributed by atoms with Crippen LogP contribution in [0.15, 0.2) is 54.6 Å². The molecule has 236 valence electrons. The van der Waals surface area contributed by atoms with Crippen LogP contribution in [0.1, 0.15) is 47.1 Å². The Morgan fingerprint density at radius 3 is 2.02 bits per heavy atom. The average Bonchev–Trinajstić information content (AvgIpc) is 2.92. The molecule has 43 heavy (non-hydrogen) atoms. The fraction of sp³-hybridized carbons (Fsp3) is 0.467. The van der Waals surface area contributed by atoms with Crippen LogP contribution in [0.25, 0.3) is 11.1 Å². The van der Waals surface area contributed by atoms with Gasteiger partial charge in [0, 0.05) is 6.92 Å². The molecule has 0 aromatic heterocycles. The van der Waals surface area contributed by atoms with Crippen LogP contribution >= 0.6 is 7.60 Å². The Morgan fingerprint density at radius 1 is 0.837 bits per heavy atom. The topological polar surface area (TPSA) is 167 Å². The van der Waals surface area contributed by atoms with E-state index in [9.17, 15) is 28.6 Å². The highest BCUT2D eigenvalue weighted by atomic mass is 31.2. The van der Waals surface area contributed by atoms with Crippen molar-refractivity contribution in [3.63, 3.8) is 0 Å². The van der Waals surface area contributed by atoms with Gasteiger partial charge < -0.3 is 24.4 Å². The number of alkyl carbamates (subject to hydrolysis) is 1. The molecule has 5 atom stereocenters. The number of hydrogen-bond donors (Lipinski definition) is 3. The monoisotopic (exact) mass is 620 g/mol. The Balaban J connectivity index is 2.11. The third-order valence-corrected chi connectivity index (χ3v) is 7.58. The molecule has 12 nitrogen and oxygen atoms in total. The number of ether oxygens (including phenoxy) is 3. The van der Waals surface area contributed by atoms with Crippen LogP contribution in [0.2, 0.25) is 0 Å². The Labute approximate surface area is 252 Å². The van der Waals surface area contributed by atoms with E-state index in [4.69, 9.17) is 18.7 Å². The van der Waals surface area contributed by atoms with Crippen molar-refractivity contribution in [3.8, 4) is 11.1 Å². The predicted molar refractivity (Wildman–Crippen MR) is 159 cm³/mol. The highest BCUT2D eigenvalue weighted by Crippen LogP contribution is 2.45. The Hall–Kier alpha value is -3.73. The van der Waals surface area contributed by atoms with Crippen molar-refractivity contribution < 1.29 is 47.4 Å². The number of carbonyl (C=O) groups is 4. The molecular formula is C30H41N2O10P. The van der Waals surface area contributed by atoms with Crippen molar-refractivity contribution >= 4 is 31.5 Å². The standard InChI is InChI=1S/C30H41N2O10P/c1-7-39-29(35)20(4)31-27(33)26(17-23-13-15-25(16-14-23)24-11-9-8-10-12-24)18-43(37,38)42-21(5)32-30(36)41-22(6)40-28(34)19(2)3/h8-16,19-22,26H,7,17-18H2,1-6H3,(H,31,33)(H,32,36)(H,37,38). The lowest BCUT2D eigenvalue weighted by Crippen LogP contribution is -2.44. The van der Waals surface area contributed by atoms with Crippen LogP contribution < -0.4 is 10.6 Å². The second kappa shape index (κ2) is 16.8. The van der Waals surface area contributed by atoms with Crippen molar-refractivity contribution in [1.82, 2.24) is 10.6 Å². The molecule has 2 amide bonds. The highest BCUT2D eigenvalue weighted by molar-refractivity contribution is 7.52. The third kappa shape index (κ3) is 12.6. The van der Waals surface area contributed by atoms with Gasteiger partial charge in [0.25, 0.3) is 0 Å². The molecule has 2 aromatic carbocycles. The summed E-state index contributed by atoms with van der Waals surface area (Å²) in [5.74, 6) is -3.37. The maximum absolute atomic E-state index is 13.2. The van der Waals surface area contributed by atoms with E-state index in [2.05, 4.69) is 10.6 Å². The zero-order chi connectivity index (χ0) is 32.2. The molecule has 3 N–H and O–H groups in total. The molecule has 2 rings (SSSR count). The highest BCUT2D eigenvalue weighted by Gasteiger charge is 2.34. The van der Waals surface area contributed by atoms with Crippen molar-refractivity contribution in [2.75, 3.05) is 12.8 Å². The first-order valence-electron chi connectivity index (χ1n) is 14.0. The van der Waals surface area contributed by atoms with Crippen LogP contribution in [0, 0.1) is 11.8 Å². The van der Waals surface area contributed by atoms with E-state index in [-0.39, 0.29) is 13.0 Å². The fourth-order valence-electron chi connectivity index (χ4n) is 3.92. The maximum atomic E-state index is 13.2. The summed E-state index contributed by atoms with van der Waals surface area (Å²) in [6, 6.07) is 16.1. The summed E-state index contributed by atoms with van der Waals surface area (Å²) in [6.45, 7) is 9.10. The van der Waals surface area contributed by atoms with Gasteiger partial charge >= 0.3 is 25.6 Å². The molecular weight excluding hydrogens is 579 g/mol. The van der Waals surface area contributed by atoms with Gasteiger partial charge in [-0.2, -0.15) is 0 Å². The summed E-state index contributed by atoms with van der Waals surface area (Å²) in [7, 11) is -4.49. The molecule has 0 fully saturated rings. The second-order valence-corrected chi connectivity index (χ2v) is 12.1. The van der Waals surface area contributed by atoms with Crippen LogP contribution in [0.5, 0.6) is 0 Å². The number of amides is 2. The van der Waals surface area contributed by atoms with Gasteiger partial charge in [0.2, 0.25) is 12.2 Å². The summed E-state index contributed by atoms with van der Waals surface area (Å²) < 4.78 is 33.2. The summed E-state index contributed by atoms with van der Waals surface area (Å²) in [4.78, 5) is 59.8. The molecule has 5 unspecified atom stereocenters. The van der Waals surface area contributed by atoms with Crippen LogP contribution in [-0.2, 0) is 44.1 Å². The summed E-state index contributed by atoms with van der Waals surface area (Å²) in [6.07, 6.45) is -4.10. The summed E-state index contributed by atoms with van der Waals surface area (Å²) >= 11 is 0. The normalized spacial score (nSPS) is 15.3. The second-order valence-electron chi connectivity index (χ2n) is 10.2. The van der Waals surface area contributed by atoms with Gasteiger partial charge in [0.05, 0.1) is 24.6 Å². The molecule has 2 aromatic rings. The predicted octanol–water partition coefficient (Wildman–Crippen LogP) is 4.40. The van der Waals surface area contributed by atoms with Gasteiger partial charge in [-0.15, -0.1) is 0 Å². The lowest BCUT2D eigenvalue weighted by Gasteiger charge is -2.24. The van der Waals surface area contributed by atoms with Crippen molar-refractivity contribution in [2.45, 2.75) is 66.5 Å². The van der Waals surface area contributed by atoms with E-state index < -0.39 is 68.1 Å². The van der Waals surface area contributed by atoms with Gasteiger partial charge in [0.15, 0.2) is 0 Å². The molecule has 0 saturated carbocycles. The zero-order valence-electron chi connectivity index (χ0n) is 25.3. The Morgan fingerprint density at radius 2 is 1.44 bits per heavy atom. The van der Waals surface area contributed by atoms with Crippen LogP contribution in [0.4, 0.5) is 4.79 Å². The van der Waals surface area contributed by atoms with Crippen LogP contribution in [-0.4, -0.2) is 60.2 Å². The molecule has 0 saturated heterocycles. The fourth-order valence-corrected chi connectivity index (χ4v) is 5.40. The van der Waals surface area contributed by atoms with E-state index >= 15 is 0 Å². The average molecular weight is 621 g/mol. The zero-order valence-corrected chi connectivity index (χ0v) is 26.2. The molecule has 0 bridgehead atoms. The van der Waals surface area contributed by atoms with E-state index in [0.717, 1.165) is 11.1 Å². The number of esters is 2. The Kier molecular flexibility index (Phi) is 13.8. The van der Waals surface area contributed by atoms with Crippen molar-refractivity contribution in [2.24, 2.45) is 11.8 Å². The van der Waals surface area contributed by atoms with E-state index in [1.165, 1.54) is 20.8 Å². The maximum Gasteiger partial charge on any atom is 0.412 e. The Bertz CT molecular complexity index is 1270. The molecule has 0 aliphatic heterocycles. The van der Waals surface area contributed by atoms with E-state index in [1.54, 1.807) is 20.8 Å². The molecule has 0 radical (unpaired) electrons. The molecule has 0 spiro atoms. The molecule has 0 aliphatic carbocycles. The minimum absolute atomic E-state index is 0.0624. The SMILES string of the molecule is CCOC(=O)C(C)NC(=O)C(Cc1ccc(-c2ccccc2)cc1)CP(=O)(O)OC(C)NC(=O)OC(C)OC(=O)C(C)C. The minimum atomic E-state index is -4.49. The lowest BCUT2D eigenvalue weighted by molar-refractivity contribution is -0.168. The first-order valence-corrected chi connectivity index (χ1v) is 15.8.